The highest BCUT2D eigenvalue weighted by Gasteiger charge is 2.30. The van der Waals surface area contributed by atoms with Crippen molar-refractivity contribution >= 4 is 81.1 Å². The van der Waals surface area contributed by atoms with E-state index in [0.717, 1.165) is 19.0 Å². The van der Waals surface area contributed by atoms with Crippen molar-refractivity contribution in [1.82, 2.24) is 40.4 Å². The average Bonchev–Trinajstić information content (AvgIpc) is 3.67. The average molecular weight is 897 g/mol. The topological polar surface area (TPSA) is 178 Å². The summed E-state index contributed by atoms with van der Waals surface area (Å²) in [6.45, 7) is 3.51. The third-order valence-corrected chi connectivity index (χ3v) is 7.60. The van der Waals surface area contributed by atoms with Crippen LogP contribution in [-0.2, 0) is 13.1 Å². The largest absolute Gasteiger partial charge is 0.490 e. The maximum atomic E-state index is 14.2. The predicted octanol–water partition coefficient (Wildman–Crippen LogP) is 8.62. The number of nitrogens with zero attached hydrogens (tertiary/aromatic N) is 8. The molecular formula is C28H27Cl5F8N10O4. The minimum Gasteiger partial charge on any atom is -0.490 e. The van der Waals surface area contributed by atoms with Crippen molar-refractivity contribution in [3.05, 3.63) is 55.0 Å². The molecule has 2 aromatic heterocycles. The molecule has 4 rings (SSSR count). The molecule has 0 aliphatic heterocycles. The Balaban J connectivity index is 0.000000322. The molecule has 14 nitrogen and oxygen atoms in total. The summed E-state index contributed by atoms with van der Waals surface area (Å²) in [5.74, 6) is -3.69. The van der Waals surface area contributed by atoms with E-state index >= 15 is 0 Å². The quantitative estimate of drug-likeness (QED) is 0.0970. The molecule has 4 aromatic rings. The van der Waals surface area contributed by atoms with Crippen molar-refractivity contribution in [3.63, 3.8) is 0 Å². The van der Waals surface area contributed by atoms with Crippen LogP contribution in [0, 0.1) is 11.6 Å². The van der Waals surface area contributed by atoms with Crippen LogP contribution in [-0.4, -0.2) is 77.1 Å². The molecule has 0 aliphatic carbocycles. The number of nitrogen functional groups attached to an aromatic ring is 1. The van der Waals surface area contributed by atoms with Gasteiger partial charge in [0, 0.05) is 13.1 Å². The number of alkyl halides is 6. The number of hydrogen-bond donors (Lipinski definition) is 2. The number of nitrogens with one attached hydrogen (secondary N) is 1. The lowest BCUT2D eigenvalue weighted by Gasteiger charge is -2.14. The van der Waals surface area contributed by atoms with E-state index in [2.05, 4.69) is 36.4 Å². The van der Waals surface area contributed by atoms with E-state index in [1.807, 2.05) is 13.8 Å². The molecule has 2 aromatic carbocycles. The number of benzene rings is 2. The summed E-state index contributed by atoms with van der Waals surface area (Å²) >= 11 is 28.0. The Kier molecular flexibility index (Phi) is 18.3. The van der Waals surface area contributed by atoms with Gasteiger partial charge in [0.2, 0.25) is 11.9 Å². The summed E-state index contributed by atoms with van der Waals surface area (Å²) in [6, 6.07) is 1.41. The van der Waals surface area contributed by atoms with Gasteiger partial charge < -0.3 is 15.2 Å². The molecule has 3 N–H and O–H groups in total. The summed E-state index contributed by atoms with van der Waals surface area (Å²) < 4.78 is 113. The molecule has 0 spiro atoms. The van der Waals surface area contributed by atoms with Crippen molar-refractivity contribution < 1.29 is 54.2 Å². The van der Waals surface area contributed by atoms with E-state index in [0.29, 0.717) is 25.0 Å². The lowest BCUT2D eigenvalue weighted by Crippen LogP contribution is -2.19. The Hall–Kier alpha value is -3.99. The number of hydrogen-bond acceptors (Lipinski definition) is 11. The third kappa shape index (κ3) is 14.9. The zero-order valence-electron chi connectivity index (χ0n) is 28.0. The fraction of sp³-hybridized carbons (Fsp3) is 0.429. The van der Waals surface area contributed by atoms with Gasteiger partial charge in [0.15, 0.2) is 11.5 Å². The Morgan fingerprint density at radius 1 is 0.764 bits per heavy atom. The predicted molar refractivity (Wildman–Crippen MR) is 184 cm³/mol. The lowest BCUT2D eigenvalue weighted by molar-refractivity contribution is -0.140. The molecule has 304 valence electrons. The second-order valence-corrected chi connectivity index (χ2v) is 12.3. The van der Waals surface area contributed by atoms with Gasteiger partial charge >= 0.3 is 12.4 Å². The van der Waals surface area contributed by atoms with Gasteiger partial charge in [-0.2, -0.15) is 26.3 Å². The molecule has 2 heterocycles. The van der Waals surface area contributed by atoms with E-state index in [1.165, 1.54) is 4.68 Å². The van der Waals surface area contributed by atoms with E-state index in [9.17, 15) is 44.7 Å². The Labute approximate surface area is 330 Å². The van der Waals surface area contributed by atoms with Gasteiger partial charge in [-0.1, -0.05) is 70.4 Å². The highest BCUT2D eigenvalue weighted by Crippen LogP contribution is 2.39. The molecule has 0 saturated heterocycles. The zero-order valence-corrected chi connectivity index (χ0v) is 31.8. The molecule has 0 aliphatic rings. The summed E-state index contributed by atoms with van der Waals surface area (Å²) in [4.78, 5) is 23.3. The smallest absolute Gasteiger partial charge is 0.392 e. The van der Waals surface area contributed by atoms with E-state index < -0.39 is 93.9 Å². The number of tetrazole rings is 2. The lowest BCUT2D eigenvalue weighted by atomic mass is 10.2. The number of carbonyl (C=O) groups excluding carboxylic acids is 2. The molecule has 55 heavy (non-hydrogen) atoms. The minimum absolute atomic E-state index is 0.0493. The minimum atomic E-state index is -4.46. The SMILES string of the molecule is CCCn1nnnc1N.CCCn1nnnc1NC(=O)c1c(F)cc(Cl)c(OCCC(F)(F)F)c1Cl.O=C(Cl)c1c(F)cc(Cl)c(OCCC(F)(F)F)c1Cl. The molecule has 27 heteroatoms. The van der Waals surface area contributed by atoms with E-state index in [1.54, 1.807) is 4.68 Å². The fourth-order valence-electron chi connectivity index (χ4n) is 3.74. The van der Waals surface area contributed by atoms with Crippen molar-refractivity contribution in [2.75, 3.05) is 24.3 Å². The first-order valence-corrected chi connectivity index (χ1v) is 17.0. The van der Waals surface area contributed by atoms with Crippen LogP contribution < -0.4 is 20.5 Å². The van der Waals surface area contributed by atoms with Crippen molar-refractivity contribution in [2.24, 2.45) is 0 Å². The van der Waals surface area contributed by atoms with Crippen molar-refractivity contribution in [3.8, 4) is 11.5 Å². The summed E-state index contributed by atoms with van der Waals surface area (Å²) in [7, 11) is 0. The third-order valence-electron chi connectivity index (χ3n) is 6.13. The molecule has 0 atom stereocenters. The van der Waals surface area contributed by atoms with Crippen LogP contribution in [0.1, 0.15) is 60.2 Å². The normalized spacial score (nSPS) is 11.3. The Bertz CT molecular complexity index is 1920. The highest BCUT2D eigenvalue weighted by atomic mass is 35.5. The first-order chi connectivity index (χ1) is 25.6. The number of amides is 1. The summed E-state index contributed by atoms with van der Waals surface area (Å²) in [5, 5.41) is 20.4. The highest BCUT2D eigenvalue weighted by molar-refractivity contribution is 6.69. The number of rotatable bonds is 13. The van der Waals surface area contributed by atoms with Gasteiger partial charge in [-0.05, 0) is 57.4 Å². The maximum Gasteiger partial charge on any atom is 0.392 e. The monoisotopic (exact) mass is 894 g/mol. The molecule has 1 amide bonds. The van der Waals surface area contributed by atoms with Gasteiger partial charge in [-0.3, -0.25) is 14.9 Å². The molecule has 0 unspecified atom stereocenters. The maximum absolute atomic E-state index is 14.2. The van der Waals surface area contributed by atoms with Gasteiger partial charge in [0.1, 0.15) is 11.6 Å². The second-order valence-electron chi connectivity index (χ2n) is 10.4. The Morgan fingerprint density at radius 2 is 1.20 bits per heavy atom. The molecule has 0 bridgehead atoms. The van der Waals surface area contributed by atoms with Gasteiger partial charge in [-0.15, -0.1) is 0 Å². The van der Waals surface area contributed by atoms with E-state index in [-0.39, 0.29) is 16.0 Å². The summed E-state index contributed by atoms with van der Waals surface area (Å²) in [6.07, 6.45) is -9.75. The first-order valence-electron chi connectivity index (χ1n) is 15.1. The summed E-state index contributed by atoms with van der Waals surface area (Å²) in [5.41, 5.74) is 4.00. The second kappa shape index (κ2) is 21.3. The van der Waals surface area contributed by atoms with Crippen LogP contribution in [0.5, 0.6) is 11.5 Å². The van der Waals surface area contributed by atoms with Crippen molar-refractivity contribution in [1.29, 1.82) is 0 Å². The van der Waals surface area contributed by atoms with Gasteiger partial charge in [-0.25, -0.2) is 18.1 Å². The van der Waals surface area contributed by atoms with Crippen LogP contribution in [0.2, 0.25) is 20.1 Å². The molecule has 0 radical (unpaired) electrons. The van der Waals surface area contributed by atoms with Crippen LogP contribution in [0.4, 0.5) is 47.0 Å². The van der Waals surface area contributed by atoms with Gasteiger partial charge in [0.05, 0.1) is 57.3 Å². The van der Waals surface area contributed by atoms with Gasteiger partial charge in [0.25, 0.3) is 11.1 Å². The number of halogens is 13. The van der Waals surface area contributed by atoms with Crippen LogP contribution in [0.25, 0.3) is 0 Å². The fourth-order valence-corrected chi connectivity index (χ4v) is 5.22. The number of aryl methyl sites for hydroxylation is 2. The Morgan fingerprint density at radius 3 is 1.64 bits per heavy atom. The number of aromatic nitrogens is 8. The zero-order chi connectivity index (χ0) is 41.7. The number of ether oxygens (including phenoxy) is 2. The first kappa shape index (κ1) is 47.2. The van der Waals surface area contributed by atoms with Crippen LogP contribution in [0.3, 0.4) is 0 Å². The van der Waals surface area contributed by atoms with Crippen molar-refractivity contribution in [2.45, 2.75) is 65.0 Å². The molecule has 0 fully saturated rings. The molecule has 0 saturated carbocycles. The standard InChI is InChI=1S/C14H13Cl2F4N5O2.C10H5Cl3F4O2.C4H9N5/c1-2-4-25-13(22-23-24-25)21-12(26)9-8(17)6-7(15)11(10(9)16)27-5-3-14(18,19)20;11-4-3-5(14)6(9(13)18)7(12)8(4)19-2-1-10(15,16)17;1-2-3-9-4(5)6-7-8-9/h6H,2-5H2,1H3,(H,21,22,24,26);3H,1-2H2;2-3H2,1H3,(H2,5,6,8). The number of anilines is 2. The van der Waals surface area contributed by atoms with Crippen LogP contribution >= 0.6 is 58.0 Å². The number of nitrogens with two attached hydrogens (primary N) is 1. The molecular weight excluding hydrogens is 870 g/mol. The number of carbonyl (C=O) groups is 2. The van der Waals surface area contributed by atoms with Crippen LogP contribution in [0.15, 0.2) is 12.1 Å². The van der Waals surface area contributed by atoms with E-state index in [4.69, 9.17) is 73.2 Å².